The van der Waals surface area contributed by atoms with Crippen molar-refractivity contribution in [2.24, 2.45) is 0 Å². The van der Waals surface area contributed by atoms with Gasteiger partial charge in [-0.15, -0.1) is 10.2 Å². The van der Waals surface area contributed by atoms with Crippen molar-refractivity contribution in [3.05, 3.63) is 35.0 Å². The molecule has 8 nitrogen and oxygen atoms in total. The Balaban J connectivity index is 2.34. The van der Waals surface area contributed by atoms with Crippen molar-refractivity contribution >= 4 is 34.5 Å². The maximum absolute atomic E-state index is 13.6. The number of hydrogen-bond acceptors (Lipinski definition) is 6. The number of rotatable bonds is 4. The lowest BCUT2D eigenvalue weighted by Crippen LogP contribution is -2.08. The quantitative estimate of drug-likeness (QED) is 0.740. The van der Waals surface area contributed by atoms with Crippen LogP contribution in [0.4, 0.5) is 15.8 Å². The van der Waals surface area contributed by atoms with Crippen LogP contribution in [0.25, 0.3) is 5.57 Å². The number of anilines is 2. The summed E-state index contributed by atoms with van der Waals surface area (Å²) in [5, 5.41) is 27.0. The van der Waals surface area contributed by atoms with Crippen LogP contribution in [0.3, 0.4) is 0 Å². The molecule has 0 saturated heterocycles. The molecule has 1 aromatic heterocycles. The average Bonchev–Trinajstić information content (AvgIpc) is 2.98. The van der Waals surface area contributed by atoms with Gasteiger partial charge in [-0.2, -0.15) is 10.5 Å². The number of H-pyrrole nitrogens is 1. The number of carbonyl (C=O) groups is 1. The predicted molar refractivity (Wildman–Crippen MR) is 77.1 cm³/mol. The second-order valence-electron chi connectivity index (χ2n) is 4.04. The number of aromatic nitrogens is 4. The average molecular weight is 322 g/mol. The normalized spacial score (nSPS) is 10.9. The third-order valence-corrected chi connectivity index (χ3v) is 2.74. The Morgan fingerprint density at radius 3 is 2.86 bits per heavy atom. The number of nitrogens with one attached hydrogen (secondary N) is 3. The summed E-state index contributed by atoms with van der Waals surface area (Å²) in [5.41, 5.74) is 0.548. The van der Waals surface area contributed by atoms with Gasteiger partial charge in [0.05, 0.1) is 16.4 Å². The first-order valence-corrected chi connectivity index (χ1v) is 6.26. The van der Waals surface area contributed by atoms with Crippen molar-refractivity contribution in [1.29, 1.82) is 5.26 Å². The smallest absolute Gasteiger partial charge is 0.221 e. The highest BCUT2D eigenvalue weighted by Gasteiger charge is 2.11. The SMILES string of the molecule is CC(=O)Nc1cc(Cl)c(F)cc1NC=C(C#N)c1nn[nH]n1. The Labute approximate surface area is 129 Å². The number of halogens is 2. The van der Waals surface area contributed by atoms with Gasteiger partial charge in [0.15, 0.2) is 0 Å². The Hall–Kier alpha value is -2.99. The highest BCUT2D eigenvalue weighted by Crippen LogP contribution is 2.29. The molecule has 1 heterocycles. The molecule has 2 rings (SSSR count). The molecule has 0 spiro atoms. The fraction of sp³-hybridized carbons (Fsp3) is 0.0833. The monoisotopic (exact) mass is 321 g/mol. The van der Waals surface area contributed by atoms with E-state index in [0.29, 0.717) is 0 Å². The molecule has 0 saturated carbocycles. The van der Waals surface area contributed by atoms with Crippen LogP contribution >= 0.6 is 11.6 Å². The van der Waals surface area contributed by atoms with Crippen LogP contribution in [0.1, 0.15) is 12.7 Å². The summed E-state index contributed by atoms with van der Waals surface area (Å²) in [6, 6.07) is 4.22. The molecule has 0 fully saturated rings. The van der Waals surface area contributed by atoms with Gasteiger partial charge in [-0.25, -0.2) is 4.39 Å². The Bertz CT molecular complexity index is 767. The number of tetrazole rings is 1. The van der Waals surface area contributed by atoms with Gasteiger partial charge in [0.1, 0.15) is 17.5 Å². The first-order valence-electron chi connectivity index (χ1n) is 5.88. The second-order valence-corrected chi connectivity index (χ2v) is 4.45. The number of aromatic amines is 1. The molecule has 0 unspecified atom stereocenters. The zero-order valence-corrected chi connectivity index (χ0v) is 11.9. The molecule has 22 heavy (non-hydrogen) atoms. The molecule has 3 N–H and O–H groups in total. The highest BCUT2D eigenvalue weighted by atomic mass is 35.5. The summed E-state index contributed by atoms with van der Waals surface area (Å²) in [5.74, 6) is -0.955. The Kier molecular flexibility index (Phi) is 4.65. The lowest BCUT2D eigenvalue weighted by Gasteiger charge is -2.11. The van der Waals surface area contributed by atoms with Gasteiger partial charge < -0.3 is 10.6 Å². The van der Waals surface area contributed by atoms with Gasteiger partial charge in [-0.1, -0.05) is 11.6 Å². The van der Waals surface area contributed by atoms with E-state index in [4.69, 9.17) is 16.9 Å². The first kappa shape index (κ1) is 15.4. The van der Waals surface area contributed by atoms with Crippen LogP contribution in [0.15, 0.2) is 18.3 Å². The summed E-state index contributed by atoms with van der Waals surface area (Å²) < 4.78 is 13.6. The lowest BCUT2D eigenvalue weighted by molar-refractivity contribution is -0.114. The van der Waals surface area contributed by atoms with Gasteiger partial charge in [0, 0.05) is 19.2 Å². The van der Waals surface area contributed by atoms with Crippen molar-refractivity contribution < 1.29 is 9.18 Å². The van der Waals surface area contributed by atoms with Gasteiger partial charge in [0.2, 0.25) is 11.7 Å². The molecule has 1 aromatic carbocycles. The van der Waals surface area contributed by atoms with Crippen molar-refractivity contribution in [1.82, 2.24) is 20.6 Å². The van der Waals surface area contributed by atoms with Crippen molar-refractivity contribution in [3.8, 4) is 6.07 Å². The van der Waals surface area contributed by atoms with E-state index in [1.807, 2.05) is 6.07 Å². The summed E-state index contributed by atoms with van der Waals surface area (Å²) in [6.07, 6.45) is 1.26. The predicted octanol–water partition coefficient (Wildman–Crippen LogP) is 1.93. The number of carbonyl (C=O) groups excluding carboxylic acids is 1. The number of allylic oxidation sites excluding steroid dienone is 1. The number of nitriles is 1. The third-order valence-electron chi connectivity index (χ3n) is 2.45. The van der Waals surface area contributed by atoms with E-state index in [9.17, 15) is 9.18 Å². The molecule has 10 heteroatoms. The van der Waals surface area contributed by atoms with E-state index in [0.717, 1.165) is 6.07 Å². The van der Waals surface area contributed by atoms with Crippen molar-refractivity contribution in [2.45, 2.75) is 6.92 Å². The van der Waals surface area contributed by atoms with Crippen molar-refractivity contribution in [3.63, 3.8) is 0 Å². The fourth-order valence-corrected chi connectivity index (χ4v) is 1.70. The largest absolute Gasteiger partial charge is 0.359 e. The fourth-order valence-electron chi connectivity index (χ4n) is 1.53. The lowest BCUT2D eigenvalue weighted by atomic mass is 10.2. The summed E-state index contributed by atoms with van der Waals surface area (Å²) in [7, 11) is 0. The van der Waals surface area contributed by atoms with Crippen LogP contribution in [-0.2, 0) is 4.79 Å². The molecule has 0 radical (unpaired) electrons. The minimum Gasteiger partial charge on any atom is -0.359 e. The molecule has 0 atom stereocenters. The molecular formula is C12H9ClFN7O. The van der Waals surface area contributed by atoms with E-state index >= 15 is 0 Å². The van der Waals surface area contributed by atoms with Crippen LogP contribution in [0.2, 0.25) is 5.02 Å². The minimum atomic E-state index is -0.676. The van der Waals surface area contributed by atoms with Crippen LogP contribution in [0.5, 0.6) is 0 Å². The van der Waals surface area contributed by atoms with E-state index in [2.05, 4.69) is 31.3 Å². The Morgan fingerprint density at radius 2 is 2.27 bits per heavy atom. The molecular weight excluding hydrogens is 313 g/mol. The maximum Gasteiger partial charge on any atom is 0.221 e. The summed E-state index contributed by atoms with van der Waals surface area (Å²) >= 11 is 5.69. The van der Waals surface area contributed by atoms with Gasteiger partial charge in [0.25, 0.3) is 0 Å². The number of hydrogen-bond donors (Lipinski definition) is 3. The van der Waals surface area contributed by atoms with Gasteiger partial charge >= 0.3 is 0 Å². The number of nitrogens with zero attached hydrogens (tertiary/aromatic N) is 4. The molecule has 2 aromatic rings. The topological polar surface area (TPSA) is 119 Å². The van der Waals surface area contributed by atoms with E-state index in [1.165, 1.54) is 19.2 Å². The molecule has 0 aliphatic rings. The summed E-state index contributed by atoms with van der Waals surface area (Å²) in [6.45, 7) is 1.30. The summed E-state index contributed by atoms with van der Waals surface area (Å²) in [4.78, 5) is 11.2. The number of amides is 1. The van der Waals surface area contributed by atoms with Gasteiger partial charge in [-0.05, 0) is 11.3 Å². The molecule has 1 amide bonds. The molecule has 112 valence electrons. The van der Waals surface area contributed by atoms with Gasteiger partial charge in [-0.3, -0.25) is 4.79 Å². The first-order chi connectivity index (χ1) is 10.5. The number of benzene rings is 1. The molecule has 0 aliphatic heterocycles. The highest BCUT2D eigenvalue weighted by molar-refractivity contribution is 6.31. The van der Waals surface area contributed by atoms with Crippen LogP contribution in [0, 0.1) is 17.1 Å². The third kappa shape index (κ3) is 3.56. The molecule has 0 aliphatic carbocycles. The van der Waals surface area contributed by atoms with E-state index in [-0.39, 0.29) is 33.7 Å². The zero-order valence-electron chi connectivity index (χ0n) is 11.2. The van der Waals surface area contributed by atoms with E-state index < -0.39 is 5.82 Å². The molecule has 0 bridgehead atoms. The minimum absolute atomic E-state index is 0.0675. The standard InChI is InChI=1S/C12H9ClFN7O/c1-6(22)17-11-2-8(13)9(14)3-10(11)16-5-7(4-15)12-18-20-21-19-12/h2-3,5,16H,1H3,(H,17,22)(H,18,19,20,21). The van der Waals surface area contributed by atoms with Crippen molar-refractivity contribution in [2.75, 3.05) is 10.6 Å². The maximum atomic E-state index is 13.6. The zero-order chi connectivity index (χ0) is 16.1. The second kappa shape index (κ2) is 6.64. The Morgan fingerprint density at radius 1 is 1.50 bits per heavy atom. The van der Waals surface area contributed by atoms with Crippen LogP contribution < -0.4 is 10.6 Å². The van der Waals surface area contributed by atoms with E-state index in [1.54, 1.807) is 0 Å². The van der Waals surface area contributed by atoms with Crippen LogP contribution in [-0.4, -0.2) is 26.5 Å².